The van der Waals surface area contributed by atoms with Crippen LogP contribution in [0.25, 0.3) is 17.0 Å². The van der Waals surface area contributed by atoms with Gasteiger partial charge in [-0.2, -0.15) is 0 Å². The van der Waals surface area contributed by atoms with E-state index < -0.39 is 0 Å². The summed E-state index contributed by atoms with van der Waals surface area (Å²) in [6.45, 7) is 0. The SMILES string of the molecule is Nc1cc(F)ccc1-c1nnc2ccc(Br)cn12. The Bertz CT molecular complexity index is 738. The molecule has 1 aromatic carbocycles. The quantitative estimate of drug-likeness (QED) is 0.703. The van der Waals surface area contributed by atoms with Crippen LogP contribution in [0.5, 0.6) is 0 Å². The maximum absolute atomic E-state index is 13.0. The molecule has 0 spiro atoms. The normalized spacial score (nSPS) is 11.0. The van der Waals surface area contributed by atoms with E-state index in [1.807, 2.05) is 18.3 Å². The van der Waals surface area contributed by atoms with Crippen molar-refractivity contribution in [2.75, 3.05) is 5.73 Å². The van der Waals surface area contributed by atoms with Crippen molar-refractivity contribution in [1.82, 2.24) is 14.6 Å². The lowest BCUT2D eigenvalue weighted by Gasteiger charge is -2.04. The molecule has 0 aliphatic heterocycles. The number of nitrogens with zero attached hydrogens (tertiary/aromatic N) is 3. The van der Waals surface area contributed by atoms with E-state index >= 15 is 0 Å². The number of aromatic nitrogens is 3. The number of fused-ring (bicyclic) bond motifs is 1. The van der Waals surface area contributed by atoms with Gasteiger partial charge < -0.3 is 5.73 Å². The third-order valence-corrected chi connectivity index (χ3v) is 3.09. The largest absolute Gasteiger partial charge is 0.398 e. The average Bonchev–Trinajstić information content (AvgIpc) is 2.72. The lowest BCUT2D eigenvalue weighted by atomic mass is 10.1. The summed E-state index contributed by atoms with van der Waals surface area (Å²) in [4.78, 5) is 0. The number of rotatable bonds is 1. The van der Waals surface area contributed by atoms with Gasteiger partial charge in [0.15, 0.2) is 11.5 Å². The molecule has 0 amide bonds. The van der Waals surface area contributed by atoms with Crippen molar-refractivity contribution < 1.29 is 4.39 Å². The number of anilines is 1. The first-order chi connectivity index (χ1) is 8.65. The van der Waals surface area contributed by atoms with E-state index in [9.17, 15) is 4.39 Å². The van der Waals surface area contributed by atoms with Gasteiger partial charge in [-0.25, -0.2) is 4.39 Å². The zero-order valence-electron chi connectivity index (χ0n) is 9.14. The van der Waals surface area contributed by atoms with Crippen molar-refractivity contribution in [2.45, 2.75) is 0 Å². The molecule has 0 atom stereocenters. The number of hydrogen-bond acceptors (Lipinski definition) is 3. The third-order valence-electron chi connectivity index (χ3n) is 2.62. The van der Waals surface area contributed by atoms with Gasteiger partial charge >= 0.3 is 0 Å². The maximum atomic E-state index is 13.0. The molecule has 18 heavy (non-hydrogen) atoms. The molecule has 90 valence electrons. The molecular weight excluding hydrogens is 299 g/mol. The number of halogens is 2. The first kappa shape index (κ1) is 11.2. The van der Waals surface area contributed by atoms with Crippen LogP contribution in [0.1, 0.15) is 0 Å². The number of benzene rings is 1. The molecular formula is C12H8BrFN4. The van der Waals surface area contributed by atoms with Crippen molar-refractivity contribution in [1.29, 1.82) is 0 Å². The second kappa shape index (κ2) is 4.06. The van der Waals surface area contributed by atoms with E-state index in [0.29, 0.717) is 22.7 Å². The van der Waals surface area contributed by atoms with E-state index in [1.54, 1.807) is 10.5 Å². The first-order valence-electron chi connectivity index (χ1n) is 5.21. The summed E-state index contributed by atoms with van der Waals surface area (Å²) >= 11 is 3.39. The Morgan fingerprint density at radius 3 is 2.78 bits per heavy atom. The van der Waals surface area contributed by atoms with Gasteiger partial charge in [-0.15, -0.1) is 10.2 Å². The highest BCUT2D eigenvalue weighted by Gasteiger charge is 2.11. The number of nitrogen functional groups attached to an aromatic ring is 1. The van der Waals surface area contributed by atoms with Gasteiger partial charge in [-0.3, -0.25) is 4.40 Å². The lowest BCUT2D eigenvalue weighted by molar-refractivity contribution is 0.628. The molecule has 0 saturated heterocycles. The van der Waals surface area contributed by atoms with Gasteiger partial charge in [-0.1, -0.05) is 0 Å². The monoisotopic (exact) mass is 306 g/mol. The summed E-state index contributed by atoms with van der Waals surface area (Å²) < 4.78 is 15.7. The molecule has 3 rings (SSSR count). The molecule has 4 nitrogen and oxygen atoms in total. The first-order valence-corrected chi connectivity index (χ1v) is 6.00. The van der Waals surface area contributed by atoms with Crippen molar-refractivity contribution in [3.63, 3.8) is 0 Å². The van der Waals surface area contributed by atoms with E-state index in [-0.39, 0.29) is 5.82 Å². The predicted molar refractivity (Wildman–Crippen MR) is 70.5 cm³/mol. The molecule has 2 aromatic heterocycles. The van der Waals surface area contributed by atoms with Crippen LogP contribution in [0.4, 0.5) is 10.1 Å². The van der Waals surface area contributed by atoms with Gasteiger partial charge in [0.25, 0.3) is 0 Å². The Labute approximate surface area is 110 Å². The topological polar surface area (TPSA) is 56.2 Å². The second-order valence-electron chi connectivity index (χ2n) is 3.83. The van der Waals surface area contributed by atoms with E-state index in [2.05, 4.69) is 26.1 Å². The van der Waals surface area contributed by atoms with Crippen molar-refractivity contribution in [3.05, 3.63) is 46.8 Å². The van der Waals surface area contributed by atoms with Crippen LogP contribution >= 0.6 is 15.9 Å². The highest BCUT2D eigenvalue weighted by molar-refractivity contribution is 9.10. The van der Waals surface area contributed by atoms with Crippen LogP contribution < -0.4 is 5.73 Å². The maximum Gasteiger partial charge on any atom is 0.170 e. The van der Waals surface area contributed by atoms with Crippen LogP contribution in [0.3, 0.4) is 0 Å². The molecule has 0 aliphatic carbocycles. The highest BCUT2D eigenvalue weighted by Crippen LogP contribution is 2.26. The van der Waals surface area contributed by atoms with Crippen LogP contribution in [0.15, 0.2) is 41.0 Å². The average molecular weight is 307 g/mol. The highest BCUT2D eigenvalue weighted by atomic mass is 79.9. The molecule has 0 radical (unpaired) electrons. The Morgan fingerprint density at radius 2 is 2.00 bits per heavy atom. The zero-order chi connectivity index (χ0) is 12.7. The van der Waals surface area contributed by atoms with Gasteiger partial charge in [0.05, 0.1) is 0 Å². The molecule has 0 aliphatic rings. The van der Waals surface area contributed by atoms with Gasteiger partial charge in [0.2, 0.25) is 0 Å². The van der Waals surface area contributed by atoms with Crippen LogP contribution in [0.2, 0.25) is 0 Å². The minimum Gasteiger partial charge on any atom is -0.398 e. The molecule has 2 N–H and O–H groups in total. The summed E-state index contributed by atoms with van der Waals surface area (Å²) in [5.41, 5.74) is 7.51. The molecule has 0 saturated carbocycles. The fraction of sp³-hybridized carbons (Fsp3) is 0. The van der Waals surface area contributed by atoms with Gasteiger partial charge in [0.1, 0.15) is 5.82 Å². The summed E-state index contributed by atoms with van der Waals surface area (Å²) in [6.07, 6.45) is 1.84. The summed E-state index contributed by atoms with van der Waals surface area (Å²) in [6, 6.07) is 7.93. The van der Waals surface area contributed by atoms with Crippen LogP contribution in [-0.4, -0.2) is 14.6 Å². The van der Waals surface area contributed by atoms with Crippen LogP contribution in [-0.2, 0) is 0 Å². The van der Waals surface area contributed by atoms with E-state index in [1.165, 1.54) is 12.1 Å². The van der Waals surface area contributed by atoms with Gasteiger partial charge in [0, 0.05) is 21.9 Å². The Morgan fingerprint density at radius 1 is 1.17 bits per heavy atom. The fourth-order valence-corrected chi connectivity index (χ4v) is 2.12. The van der Waals surface area contributed by atoms with Crippen molar-refractivity contribution >= 4 is 27.3 Å². The van der Waals surface area contributed by atoms with Crippen LogP contribution in [0, 0.1) is 5.82 Å². The minimum absolute atomic E-state index is 0.337. The summed E-state index contributed by atoms with van der Waals surface area (Å²) in [7, 11) is 0. The van der Waals surface area contributed by atoms with E-state index in [0.717, 1.165) is 4.47 Å². The van der Waals surface area contributed by atoms with Crippen molar-refractivity contribution in [3.8, 4) is 11.4 Å². The second-order valence-corrected chi connectivity index (χ2v) is 4.75. The molecule has 0 unspecified atom stereocenters. The molecule has 2 heterocycles. The Balaban J connectivity index is 2.28. The lowest BCUT2D eigenvalue weighted by Crippen LogP contribution is -1.95. The summed E-state index contributed by atoms with van der Waals surface area (Å²) in [5, 5.41) is 8.13. The molecule has 3 aromatic rings. The fourth-order valence-electron chi connectivity index (χ4n) is 1.79. The molecule has 6 heteroatoms. The summed E-state index contributed by atoms with van der Waals surface area (Å²) in [5.74, 6) is 0.218. The molecule has 0 bridgehead atoms. The Kier molecular flexibility index (Phi) is 2.52. The third kappa shape index (κ3) is 1.74. The minimum atomic E-state index is -0.369. The standard InChI is InChI=1S/C12H8BrFN4/c13-7-1-4-11-16-17-12(18(11)6-7)9-3-2-8(14)5-10(9)15/h1-6H,15H2. The zero-order valence-corrected chi connectivity index (χ0v) is 10.7. The Hall–Kier alpha value is -1.95. The smallest absolute Gasteiger partial charge is 0.170 e. The van der Waals surface area contributed by atoms with Gasteiger partial charge in [-0.05, 0) is 46.3 Å². The predicted octanol–water partition coefficient (Wildman–Crippen LogP) is 2.88. The number of hydrogen-bond donors (Lipinski definition) is 1. The number of nitrogens with two attached hydrogens (primary N) is 1. The van der Waals surface area contributed by atoms with E-state index in [4.69, 9.17) is 5.73 Å². The molecule has 0 fully saturated rings. The number of pyridine rings is 1. The van der Waals surface area contributed by atoms with Crippen molar-refractivity contribution in [2.24, 2.45) is 0 Å².